The van der Waals surface area contributed by atoms with Crippen LogP contribution in [0, 0.1) is 13.8 Å². The Balaban J connectivity index is 1.22. The van der Waals surface area contributed by atoms with Gasteiger partial charge in [0.1, 0.15) is 11.6 Å². The Bertz CT molecular complexity index is 922. The molecule has 0 spiro atoms. The maximum atomic E-state index is 10.3. The van der Waals surface area contributed by atoms with E-state index >= 15 is 0 Å². The topological polar surface area (TPSA) is 57.6 Å². The van der Waals surface area contributed by atoms with Crippen LogP contribution in [-0.2, 0) is 17.6 Å². The van der Waals surface area contributed by atoms with E-state index in [4.69, 9.17) is 9.72 Å². The molecular weight excluding hydrogens is 398 g/mol. The number of ether oxygens (including phenoxy) is 1. The molecule has 2 aromatic rings. The number of aryl methyl sites for hydroxylation is 4. The third kappa shape index (κ3) is 5.70. The van der Waals surface area contributed by atoms with E-state index in [0.717, 1.165) is 69.7 Å². The van der Waals surface area contributed by atoms with Crippen molar-refractivity contribution in [2.45, 2.75) is 64.5 Å². The molecule has 1 fully saturated rings. The molecule has 1 aromatic carbocycles. The van der Waals surface area contributed by atoms with Gasteiger partial charge in [-0.1, -0.05) is 42.0 Å². The molecular formula is C27H37N3O2. The molecule has 172 valence electrons. The molecule has 0 bridgehead atoms. The van der Waals surface area contributed by atoms with Gasteiger partial charge in [-0.15, -0.1) is 0 Å². The van der Waals surface area contributed by atoms with Gasteiger partial charge >= 0.3 is 0 Å². The summed E-state index contributed by atoms with van der Waals surface area (Å²) < 4.78 is 6.19. The molecule has 2 aliphatic rings. The summed E-state index contributed by atoms with van der Waals surface area (Å²) in [6.07, 6.45) is 6.66. The standard InChI is InChI=1S/C27H37N3O2/c1-19-15-20(2)17-23(16-19)26(21(3)31)30-13-11-25(18-30)32-14-5-4-8-24-10-9-22-7-6-12-28-27(22)29-24/h9-10,15-17,25-26,31H,3-8,11-14,18H2,1-2H3,(H,28,29)/t25-,26?/m1/s1. The minimum absolute atomic E-state index is 0.161. The number of pyridine rings is 1. The Hall–Kier alpha value is -2.37. The number of aromatic nitrogens is 1. The van der Waals surface area contributed by atoms with E-state index in [9.17, 15) is 5.11 Å². The van der Waals surface area contributed by atoms with E-state index in [0.29, 0.717) is 0 Å². The SMILES string of the molecule is C=C(O)C(c1cc(C)cc(C)c1)N1CC[C@@H](OCCCCc2ccc3c(n2)NCCC3)C1. The summed E-state index contributed by atoms with van der Waals surface area (Å²) >= 11 is 0. The molecule has 2 N–H and O–H groups in total. The predicted octanol–water partition coefficient (Wildman–Crippen LogP) is 5.28. The molecule has 3 heterocycles. The van der Waals surface area contributed by atoms with Crippen LogP contribution in [0.2, 0.25) is 0 Å². The molecule has 4 rings (SSSR count). The summed E-state index contributed by atoms with van der Waals surface area (Å²) in [6.45, 7) is 11.6. The summed E-state index contributed by atoms with van der Waals surface area (Å²) in [7, 11) is 0. The quantitative estimate of drug-likeness (QED) is 0.414. The van der Waals surface area contributed by atoms with Crippen LogP contribution in [0.25, 0.3) is 0 Å². The average Bonchev–Trinajstić information content (AvgIpc) is 3.20. The number of aliphatic hydroxyl groups excluding tert-OH is 1. The van der Waals surface area contributed by atoms with Crippen molar-refractivity contribution in [2.75, 3.05) is 31.6 Å². The van der Waals surface area contributed by atoms with Crippen LogP contribution in [0.15, 0.2) is 42.7 Å². The molecule has 0 radical (unpaired) electrons. The Morgan fingerprint density at radius 2 is 2.06 bits per heavy atom. The molecule has 1 saturated heterocycles. The Labute approximate surface area is 192 Å². The van der Waals surface area contributed by atoms with Gasteiger partial charge < -0.3 is 15.2 Å². The van der Waals surface area contributed by atoms with Gasteiger partial charge in [0.05, 0.1) is 12.1 Å². The number of hydrogen-bond donors (Lipinski definition) is 2. The molecule has 0 saturated carbocycles. The number of hydrogen-bond acceptors (Lipinski definition) is 5. The van der Waals surface area contributed by atoms with Crippen molar-refractivity contribution in [3.63, 3.8) is 0 Å². The first-order valence-electron chi connectivity index (χ1n) is 12.0. The van der Waals surface area contributed by atoms with Gasteiger partial charge in [-0.2, -0.15) is 0 Å². The Morgan fingerprint density at radius 1 is 1.25 bits per heavy atom. The molecule has 1 unspecified atom stereocenters. The Morgan fingerprint density at radius 3 is 2.84 bits per heavy atom. The molecule has 0 aliphatic carbocycles. The zero-order valence-electron chi connectivity index (χ0n) is 19.6. The van der Waals surface area contributed by atoms with Crippen LogP contribution in [0.5, 0.6) is 0 Å². The minimum atomic E-state index is -0.161. The number of nitrogens with one attached hydrogen (secondary N) is 1. The van der Waals surface area contributed by atoms with Gasteiger partial charge in [-0.3, -0.25) is 4.90 Å². The molecule has 1 aromatic heterocycles. The first kappa shape index (κ1) is 22.8. The van der Waals surface area contributed by atoms with Gasteiger partial charge in [0, 0.05) is 31.9 Å². The number of unbranched alkanes of at least 4 members (excludes halogenated alkanes) is 1. The van der Waals surface area contributed by atoms with Crippen LogP contribution in [0.1, 0.15) is 59.7 Å². The molecule has 0 amide bonds. The Kier molecular flexibility index (Phi) is 7.48. The first-order chi connectivity index (χ1) is 15.5. The third-order valence-corrected chi connectivity index (χ3v) is 6.55. The van der Waals surface area contributed by atoms with Crippen molar-refractivity contribution >= 4 is 5.82 Å². The lowest BCUT2D eigenvalue weighted by atomic mass is 9.99. The van der Waals surface area contributed by atoms with Crippen molar-refractivity contribution in [1.82, 2.24) is 9.88 Å². The highest BCUT2D eigenvalue weighted by Gasteiger charge is 2.31. The fraction of sp³-hybridized carbons (Fsp3) is 0.519. The average molecular weight is 436 g/mol. The molecule has 5 heteroatoms. The summed E-state index contributed by atoms with van der Waals surface area (Å²) in [4.78, 5) is 7.08. The first-order valence-corrected chi connectivity index (χ1v) is 12.0. The van der Waals surface area contributed by atoms with E-state index in [1.165, 1.54) is 28.8 Å². The number of rotatable bonds is 9. The predicted molar refractivity (Wildman–Crippen MR) is 130 cm³/mol. The maximum absolute atomic E-state index is 10.3. The smallest absolute Gasteiger partial charge is 0.129 e. The second-order valence-corrected chi connectivity index (χ2v) is 9.39. The molecule has 5 nitrogen and oxygen atoms in total. The van der Waals surface area contributed by atoms with E-state index < -0.39 is 0 Å². The van der Waals surface area contributed by atoms with Crippen molar-refractivity contribution in [3.05, 3.63) is 70.6 Å². The fourth-order valence-corrected chi connectivity index (χ4v) is 5.07. The lowest BCUT2D eigenvalue weighted by Crippen LogP contribution is -2.29. The number of fused-ring (bicyclic) bond motifs is 1. The minimum Gasteiger partial charge on any atom is -0.511 e. The summed E-state index contributed by atoms with van der Waals surface area (Å²) in [6, 6.07) is 10.7. The molecule has 32 heavy (non-hydrogen) atoms. The molecule has 2 atom stereocenters. The van der Waals surface area contributed by atoms with Gasteiger partial charge in [0.25, 0.3) is 0 Å². The molecule has 2 aliphatic heterocycles. The van der Waals surface area contributed by atoms with Gasteiger partial charge in [-0.05, 0) is 69.6 Å². The highest BCUT2D eigenvalue weighted by atomic mass is 16.5. The number of likely N-dealkylation sites (tertiary alicyclic amines) is 1. The normalized spacial score (nSPS) is 19.4. The number of anilines is 1. The largest absolute Gasteiger partial charge is 0.511 e. The van der Waals surface area contributed by atoms with Crippen molar-refractivity contribution < 1.29 is 9.84 Å². The maximum Gasteiger partial charge on any atom is 0.129 e. The van der Waals surface area contributed by atoms with Crippen LogP contribution in [-0.4, -0.2) is 47.3 Å². The summed E-state index contributed by atoms with van der Waals surface area (Å²) in [5, 5.41) is 13.8. The van der Waals surface area contributed by atoms with Crippen LogP contribution in [0.3, 0.4) is 0 Å². The van der Waals surface area contributed by atoms with E-state index in [2.05, 4.69) is 61.0 Å². The second-order valence-electron chi connectivity index (χ2n) is 9.39. The van der Waals surface area contributed by atoms with Crippen molar-refractivity contribution in [1.29, 1.82) is 0 Å². The lowest BCUT2D eigenvalue weighted by molar-refractivity contribution is 0.0524. The summed E-state index contributed by atoms with van der Waals surface area (Å²) in [5.41, 5.74) is 6.05. The third-order valence-electron chi connectivity index (χ3n) is 6.55. The van der Waals surface area contributed by atoms with Crippen molar-refractivity contribution in [2.24, 2.45) is 0 Å². The van der Waals surface area contributed by atoms with Crippen LogP contribution in [0.4, 0.5) is 5.82 Å². The van der Waals surface area contributed by atoms with Crippen LogP contribution < -0.4 is 5.32 Å². The van der Waals surface area contributed by atoms with Crippen LogP contribution >= 0.6 is 0 Å². The van der Waals surface area contributed by atoms with E-state index in [1.54, 1.807) is 0 Å². The number of aliphatic hydroxyl groups is 1. The number of benzene rings is 1. The highest BCUT2D eigenvalue weighted by molar-refractivity contribution is 5.47. The van der Waals surface area contributed by atoms with Gasteiger partial charge in [0.2, 0.25) is 0 Å². The number of nitrogens with zero attached hydrogens (tertiary/aromatic N) is 2. The second kappa shape index (κ2) is 10.5. The van der Waals surface area contributed by atoms with Gasteiger partial charge in [0.15, 0.2) is 0 Å². The highest BCUT2D eigenvalue weighted by Crippen LogP contribution is 2.31. The van der Waals surface area contributed by atoms with E-state index in [-0.39, 0.29) is 17.9 Å². The summed E-state index contributed by atoms with van der Waals surface area (Å²) in [5.74, 6) is 1.29. The monoisotopic (exact) mass is 435 g/mol. The fourth-order valence-electron chi connectivity index (χ4n) is 5.07. The lowest BCUT2D eigenvalue weighted by Gasteiger charge is -2.28. The van der Waals surface area contributed by atoms with Gasteiger partial charge in [-0.25, -0.2) is 4.98 Å². The van der Waals surface area contributed by atoms with Crippen molar-refractivity contribution in [3.8, 4) is 0 Å². The zero-order valence-corrected chi connectivity index (χ0v) is 19.6. The van der Waals surface area contributed by atoms with E-state index in [1.807, 2.05) is 0 Å². The zero-order chi connectivity index (χ0) is 22.5.